The maximum atomic E-state index is 4.58. The summed E-state index contributed by atoms with van der Waals surface area (Å²) in [5.74, 6) is 0. The Morgan fingerprint density at radius 2 is 2.17 bits per heavy atom. The Hall–Kier alpha value is -1.24. The van der Waals surface area contributed by atoms with Crippen molar-refractivity contribution in [1.29, 1.82) is 0 Å². The van der Waals surface area contributed by atoms with E-state index in [-0.39, 0.29) is 0 Å². The van der Waals surface area contributed by atoms with Crippen LogP contribution in [-0.4, -0.2) is 14.4 Å². The zero-order valence-corrected chi connectivity index (χ0v) is 11.9. The number of rotatable bonds is 4. The molecular weight excluding hydrogens is 264 g/mol. The van der Waals surface area contributed by atoms with E-state index in [4.69, 9.17) is 0 Å². The molecule has 0 saturated carbocycles. The average molecular weight is 278 g/mol. The van der Waals surface area contributed by atoms with Gasteiger partial charge in [-0.3, -0.25) is 9.38 Å². The van der Waals surface area contributed by atoms with Gasteiger partial charge in [-0.1, -0.05) is 0 Å². The van der Waals surface area contributed by atoms with Crippen molar-refractivity contribution in [2.45, 2.75) is 26.9 Å². The fourth-order valence-electron chi connectivity index (χ4n) is 2.01. The van der Waals surface area contributed by atoms with Crippen LogP contribution in [0.4, 0.5) is 0 Å². The van der Waals surface area contributed by atoms with Gasteiger partial charge in [0.15, 0.2) is 4.96 Å². The third-order valence-electron chi connectivity index (χ3n) is 2.90. The molecule has 3 rings (SSSR count). The standard InChI is InChI=1S/C12H14N4S2/c1-8-6-17-12-15-9(2)11(16(8)12)5-13-3-10-4-14-7-18-10/h4,6-7,13H,3,5H2,1-2H3. The zero-order chi connectivity index (χ0) is 12.5. The third kappa shape index (κ3) is 2.07. The Labute approximate surface area is 113 Å². The van der Waals surface area contributed by atoms with Crippen molar-refractivity contribution in [1.82, 2.24) is 19.7 Å². The Kier molecular flexibility index (Phi) is 3.15. The van der Waals surface area contributed by atoms with Gasteiger partial charge in [-0.15, -0.1) is 22.7 Å². The van der Waals surface area contributed by atoms with Crippen molar-refractivity contribution in [3.8, 4) is 0 Å². The van der Waals surface area contributed by atoms with E-state index in [2.05, 4.69) is 38.9 Å². The Bertz CT molecular complexity index is 651. The van der Waals surface area contributed by atoms with Crippen LogP contribution in [0, 0.1) is 13.8 Å². The molecule has 3 heterocycles. The number of fused-ring (bicyclic) bond motifs is 1. The van der Waals surface area contributed by atoms with Gasteiger partial charge in [-0.2, -0.15) is 0 Å². The van der Waals surface area contributed by atoms with Crippen molar-refractivity contribution in [2.75, 3.05) is 0 Å². The molecule has 0 spiro atoms. The fraction of sp³-hybridized carbons (Fsp3) is 0.333. The maximum absolute atomic E-state index is 4.58. The first-order chi connectivity index (χ1) is 8.75. The lowest BCUT2D eigenvalue weighted by Gasteiger charge is -2.04. The van der Waals surface area contributed by atoms with E-state index in [1.165, 1.54) is 16.3 Å². The second kappa shape index (κ2) is 4.79. The number of thiazole rings is 2. The third-order valence-corrected chi connectivity index (χ3v) is 4.63. The van der Waals surface area contributed by atoms with E-state index in [1.807, 2.05) is 11.7 Å². The smallest absolute Gasteiger partial charge is 0.194 e. The Balaban J connectivity index is 1.77. The fourth-order valence-corrected chi connectivity index (χ4v) is 3.50. The molecule has 3 aromatic rings. The lowest BCUT2D eigenvalue weighted by Crippen LogP contribution is -2.14. The highest BCUT2D eigenvalue weighted by Crippen LogP contribution is 2.20. The van der Waals surface area contributed by atoms with Gasteiger partial charge >= 0.3 is 0 Å². The number of aryl methyl sites for hydroxylation is 2. The van der Waals surface area contributed by atoms with Crippen molar-refractivity contribution in [3.63, 3.8) is 0 Å². The number of nitrogens with one attached hydrogen (secondary N) is 1. The van der Waals surface area contributed by atoms with E-state index >= 15 is 0 Å². The molecule has 0 amide bonds. The molecule has 0 aliphatic carbocycles. The van der Waals surface area contributed by atoms with Crippen molar-refractivity contribution < 1.29 is 0 Å². The summed E-state index contributed by atoms with van der Waals surface area (Å²) in [6.45, 7) is 5.89. The van der Waals surface area contributed by atoms with Crippen molar-refractivity contribution in [2.24, 2.45) is 0 Å². The summed E-state index contributed by atoms with van der Waals surface area (Å²) in [6, 6.07) is 0. The average Bonchev–Trinajstić information content (AvgIpc) is 3.02. The van der Waals surface area contributed by atoms with Gasteiger partial charge in [0.2, 0.25) is 0 Å². The highest BCUT2D eigenvalue weighted by Gasteiger charge is 2.11. The van der Waals surface area contributed by atoms with Crippen LogP contribution < -0.4 is 5.32 Å². The number of imidazole rings is 1. The van der Waals surface area contributed by atoms with Gasteiger partial charge in [-0.05, 0) is 13.8 Å². The van der Waals surface area contributed by atoms with Gasteiger partial charge in [0.05, 0.1) is 16.9 Å². The monoisotopic (exact) mass is 278 g/mol. The predicted molar refractivity (Wildman–Crippen MR) is 75.2 cm³/mol. The molecule has 6 heteroatoms. The number of hydrogen-bond acceptors (Lipinski definition) is 5. The summed E-state index contributed by atoms with van der Waals surface area (Å²) in [5.41, 5.74) is 5.49. The topological polar surface area (TPSA) is 42.2 Å². The number of hydrogen-bond donors (Lipinski definition) is 1. The van der Waals surface area contributed by atoms with Crippen LogP contribution in [0.2, 0.25) is 0 Å². The lowest BCUT2D eigenvalue weighted by molar-refractivity contribution is 0.676. The SMILES string of the molecule is Cc1nc2scc(C)n2c1CNCc1cncs1. The largest absolute Gasteiger partial charge is 0.306 e. The molecule has 3 aromatic heterocycles. The number of nitrogens with zero attached hydrogens (tertiary/aromatic N) is 3. The highest BCUT2D eigenvalue weighted by atomic mass is 32.1. The summed E-state index contributed by atoms with van der Waals surface area (Å²) in [7, 11) is 0. The van der Waals surface area contributed by atoms with Gasteiger partial charge in [0, 0.05) is 35.2 Å². The quantitative estimate of drug-likeness (QED) is 0.798. The minimum atomic E-state index is 0.836. The summed E-state index contributed by atoms with van der Waals surface area (Å²) in [5, 5.41) is 5.60. The van der Waals surface area contributed by atoms with Gasteiger partial charge in [0.1, 0.15) is 0 Å². The molecule has 4 nitrogen and oxygen atoms in total. The van der Waals surface area contributed by atoms with Gasteiger partial charge in [-0.25, -0.2) is 4.98 Å². The first-order valence-corrected chi connectivity index (χ1v) is 7.51. The van der Waals surface area contributed by atoms with Crippen LogP contribution in [0.25, 0.3) is 4.96 Å². The molecule has 94 valence electrons. The van der Waals surface area contributed by atoms with Crippen LogP contribution >= 0.6 is 22.7 Å². The normalized spacial score (nSPS) is 11.4. The van der Waals surface area contributed by atoms with E-state index in [9.17, 15) is 0 Å². The molecule has 0 fully saturated rings. The molecular formula is C12H14N4S2. The van der Waals surface area contributed by atoms with E-state index in [1.54, 1.807) is 22.7 Å². The van der Waals surface area contributed by atoms with E-state index in [0.717, 1.165) is 23.7 Å². The van der Waals surface area contributed by atoms with Crippen LogP contribution in [0.5, 0.6) is 0 Å². The Morgan fingerprint density at radius 1 is 1.28 bits per heavy atom. The van der Waals surface area contributed by atoms with Crippen LogP contribution in [0.15, 0.2) is 17.1 Å². The Morgan fingerprint density at radius 3 is 2.94 bits per heavy atom. The van der Waals surface area contributed by atoms with Crippen LogP contribution in [0.1, 0.15) is 22.0 Å². The van der Waals surface area contributed by atoms with Crippen LogP contribution in [-0.2, 0) is 13.1 Å². The summed E-state index contributed by atoms with van der Waals surface area (Å²) in [4.78, 5) is 11.0. The summed E-state index contributed by atoms with van der Waals surface area (Å²) < 4.78 is 2.24. The van der Waals surface area contributed by atoms with E-state index < -0.39 is 0 Å². The van der Waals surface area contributed by atoms with Gasteiger partial charge in [0.25, 0.3) is 0 Å². The molecule has 0 aliphatic rings. The summed E-state index contributed by atoms with van der Waals surface area (Å²) in [6.07, 6.45) is 1.91. The molecule has 0 saturated heterocycles. The lowest BCUT2D eigenvalue weighted by atomic mass is 10.3. The van der Waals surface area contributed by atoms with E-state index in [0.29, 0.717) is 0 Å². The first-order valence-electron chi connectivity index (χ1n) is 5.76. The molecule has 18 heavy (non-hydrogen) atoms. The summed E-state index contributed by atoms with van der Waals surface area (Å²) >= 11 is 3.38. The molecule has 0 bridgehead atoms. The van der Waals surface area contributed by atoms with Crippen molar-refractivity contribution >= 4 is 27.6 Å². The second-order valence-corrected chi connectivity index (χ2v) is 6.02. The second-order valence-electron chi connectivity index (χ2n) is 4.21. The molecule has 0 radical (unpaired) electrons. The molecule has 0 unspecified atom stereocenters. The first kappa shape index (κ1) is 11.8. The minimum absolute atomic E-state index is 0.836. The predicted octanol–water partition coefficient (Wildman–Crippen LogP) is 2.76. The number of aromatic nitrogens is 3. The van der Waals surface area contributed by atoms with Crippen LogP contribution in [0.3, 0.4) is 0 Å². The molecule has 0 aliphatic heterocycles. The zero-order valence-electron chi connectivity index (χ0n) is 10.3. The van der Waals surface area contributed by atoms with Gasteiger partial charge < -0.3 is 5.32 Å². The maximum Gasteiger partial charge on any atom is 0.194 e. The minimum Gasteiger partial charge on any atom is -0.306 e. The van der Waals surface area contributed by atoms with Crippen molar-refractivity contribution in [3.05, 3.63) is 39.0 Å². The highest BCUT2D eigenvalue weighted by molar-refractivity contribution is 7.15. The molecule has 0 atom stereocenters. The molecule has 1 N–H and O–H groups in total. The molecule has 0 aromatic carbocycles.